The number of halogens is 1. The van der Waals surface area contributed by atoms with Crippen LogP contribution in [-0.2, 0) is 4.79 Å². The summed E-state index contributed by atoms with van der Waals surface area (Å²) in [6.45, 7) is 0.506. The number of aromatic nitrogens is 1. The van der Waals surface area contributed by atoms with Gasteiger partial charge in [0.2, 0.25) is 5.60 Å². The number of benzene rings is 1. The van der Waals surface area contributed by atoms with Crippen molar-refractivity contribution in [2.45, 2.75) is 12.0 Å². The Morgan fingerprint density at radius 1 is 1.36 bits per heavy atom. The molecule has 1 aromatic heterocycles. The quantitative estimate of drug-likeness (QED) is 0.621. The highest BCUT2D eigenvalue weighted by Crippen LogP contribution is 2.26. The van der Waals surface area contributed by atoms with E-state index in [4.69, 9.17) is 4.74 Å². The summed E-state index contributed by atoms with van der Waals surface area (Å²) < 4.78 is 5.94. The van der Waals surface area contributed by atoms with Gasteiger partial charge in [0.25, 0.3) is 5.91 Å². The molecule has 1 unspecified atom stereocenters. The van der Waals surface area contributed by atoms with Crippen LogP contribution >= 0.6 is 15.9 Å². The van der Waals surface area contributed by atoms with Crippen LogP contribution in [0.3, 0.4) is 0 Å². The largest absolute Gasteiger partial charge is 0.497 e. The number of hydrogen-bond acceptors (Lipinski definition) is 4. The minimum atomic E-state index is -1.60. The highest BCUT2D eigenvalue weighted by Gasteiger charge is 2.42. The monoisotopic (exact) mass is 400 g/mol. The van der Waals surface area contributed by atoms with Gasteiger partial charge < -0.3 is 14.7 Å². The Morgan fingerprint density at radius 3 is 2.84 bits per heavy atom. The smallest absolute Gasteiger partial charge is 0.267 e. The van der Waals surface area contributed by atoms with E-state index in [1.165, 1.54) is 4.90 Å². The fraction of sp³-hybridized carbons (Fsp3) is 0.263. The van der Waals surface area contributed by atoms with Crippen LogP contribution in [0.1, 0.15) is 12.0 Å². The molecule has 0 bridgehead atoms. The molecule has 0 saturated carbocycles. The van der Waals surface area contributed by atoms with E-state index in [0.717, 1.165) is 11.3 Å². The zero-order valence-electron chi connectivity index (χ0n) is 13.9. The normalized spacial score (nSPS) is 19.5. The molecule has 1 aromatic carbocycles. The van der Waals surface area contributed by atoms with Crippen LogP contribution in [0.25, 0.3) is 11.3 Å². The minimum Gasteiger partial charge on any atom is -0.497 e. The average molecular weight is 401 g/mol. The van der Waals surface area contributed by atoms with Crippen LogP contribution in [0, 0.1) is 11.8 Å². The van der Waals surface area contributed by atoms with Crippen molar-refractivity contribution in [3.05, 3.63) is 46.6 Å². The first-order valence-electron chi connectivity index (χ1n) is 7.74. The van der Waals surface area contributed by atoms with Crippen LogP contribution in [0.15, 0.2) is 41.0 Å². The van der Waals surface area contributed by atoms with Gasteiger partial charge >= 0.3 is 0 Å². The first kappa shape index (κ1) is 17.5. The zero-order valence-corrected chi connectivity index (χ0v) is 15.5. The van der Waals surface area contributed by atoms with E-state index in [-0.39, 0.29) is 5.91 Å². The van der Waals surface area contributed by atoms with Gasteiger partial charge in [-0.05, 0) is 28.1 Å². The first-order chi connectivity index (χ1) is 11.9. The molecule has 0 radical (unpaired) electrons. The molecule has 0 aliphatic carbocycles. The van der Waals surface area contributed by atoms with E-state index in [1.807, 2.05) is 30.3 Å². The number of amides is 1. The number of carbonyl (C=O) groups excluding carboxylic acids is 1. The summed E-state index contributed by atoms with van der Waals surface area (Å²) in [5.41, 5.74) is 0.717. The maximum absolute atomic E-state index is 12.0. The number of methoxy groups -OCH3 is 1. The van der Waals surface area contributed by atoms with Crippen molar-refractivity contribution in [3.8, 4) is 28.8 Å². The van der Waals surface area contributed by atoms with Crippen molar-refractivity contribution >= 4 is 21.8 Å². The van der Waals surface area contributed by atoms with Gasteiger partial charge in [-0.25, -0.2) is 4.98 Å². The summed E-state index contributed by atoms with van der Waals surface area (Å²) in [6.07, 6.45) is 0.319. The molecular formula is C19H17BrN2O3. The Kier molecular flexibility index (Phi) is 4.80. The Labute approximate surface area is 154 Å². The zero-order chi connectivity index (χ0) is 18.0. The third-order valence-electron chi connectivity index (χ3n) is 4.08. The molecule has 1 N–H and O–H groups in total. The van der Waals surface area contributed by atoms with Crippen LogP contribution in [0.2, 0.25) is 0 Å². The number of rotatable bonds is 2. The Morgan fingerprint density at radius 2 is 2.16 bits per heavy atom. The summed E-state index contributed by atoms with van der Waals surface area (Å²) in [7, 11) is 3.26. The molecule has 3 rings (SSSR count). The topological polar surface area (TPSA) is 62.7 Å². The van der Waals surface area contributed by atoms with Crippen molar-refractivity contribution in [1.29, 1.82) is 0 Å². The Bertz CT molecular complexity index is 888. The van der Waals surface area contributed by atoms with Gasteiger partial charge in [0.1, 0.15) is 10.4 Å². The van der Waals surface area contributed by atoms with E-state index >= 15 is 0 Å². The predicted octanol–water partition coefficient (Wildman–Crippen LogP) is 2.46. The van der Waals surface area contributed by atoms with Gasteiger partial charge in [-0.1, -0.05) is 24.0 Å². The predicted molar refractivity (Wildman–Crippen MR) is 98.0 cm³/mol. The second-order valence-electron chi connectivity index (χ2n) is 5.88. The average Bonchev–Trinajstić information content (AvgIpc) is 2.88. The highest BCUT2D eigenvalue weighted by atomic mass is 79.9. The number of likely N-dealkylation sites (tertiary alicyclic amines) is 1. The van der Waals surface area contributed by atoms with E-state index in [1.54, 1.807) is 20.2 Å². The lowest BCUT2D eigenvalue weighted by Crippen LogP contribution is -2.37. The molecule has 0 spiro atoms. The maximum Gasteiger partial charge on any atom is 0.267 e. The van der Waals surface area contributed by atoms with E-state index < -0.39 is 5.60 Å². The van der Waals surface area contributed by atoms with Gasteiger partial charge in [-0.3, -0.25) is 4.79 Å². The highest BCUT2D eigenvalue weighted by molar-refractivity contribution is 9.10. The molecule has 1 aliphatic rings. The second-order valence-corrected chi connectivity index (χ2v) is 6.70. The van der Waals surface area contributed by atoms with Gasteiger partial charge in [0, 0.05) is 43.3 Å². The maximum atomic E-state index is 12.0. The number of hydrogen-bond donors (Lipinski definition) is 1. The fourth-order valence-electron chi connectivity index (χ4n) is 2.64. The molecule has 128 valence electrons. The molecule has 6 heteroatoms. The summed E-state index contributed by atoms with van der Waals surface area (Å²) in [6, 6.07) is 11.1. The molecule has 1 aliphatic heterocycles. The first-order valence-corrected chi connectivity index (χ1v) is 8.54. The molecule has 1 fully saturated rings. The summed E-state index contributed by atoms with van der Waals surface area (Å²) in [5.74, 6) is 5.98. The number of likely N-dealkylation sites (N-methyl/N-ethyl adjacent to an activating group) is 1. The van der Waals surface area contributed by atoms with Crippen LogP contribution in [0.4, 0.5) is 0 Å². The van der Waals surface area contributed by atoms with E-state index in [0.29, 0.717) is 28.9 Å². The molecule has 5 nitrogen and oxygen atoms in total. The van der Waals surface area contributed by atoms with Crippen molar-refractivity contribution < 1.29 is 14.6 Å². The number of nitrogens with zero attached hydrogens (tertiary/aromatic N) is 2. The summed E-state index contributed by atoms with van der Waals surface area (Å²) in [4.78, 5) is 17.9. The molecule has 1 amide bonds. The third kappa shape index (κ3) is 3.68. The number of pyridine rings is 1. The lowest BCUT2D eigenvalue weighted by atomic mass is 10.0. The molecule has 2 heterocycles. The Hall–Kier alpha value is -2.36. The molecule has 25 heavy (non-hydrogen) atoms. The lowest BCUT2D eigenvalue weighted by molar-refractivity contribution is -0.137. The number of aliphatic hydroxyl groups is 1. The number of carbonyl (C=O) groups is 1. The second kappa shape index (κ2) is 6.87. The molecule has 1 saturated heterocycles. The van der Waals surface area contributed by atoms with Gasteiger partial charge in [-0.2, -0.15) is 0 Å². The molecule has 1 atom stereocenters. The molecular weight excluding hydrogens is 384 g/mol. The van der Waals surface area contributed by atoms with E-state index in [9.17, 15) is 9.90 Å². The van der Waals surface area contributed by atoms with Crippen LogP contribution < -0.4 is 4.74 Å². The summed E-state index contributed by atoms with van der Waals surface area (Å²) in [5, 5.41) is 10.4. The standard InChI is InChI=1S/C19H17BrN2O3/c1-22-9-8-19(24,18(22)23)7-6-13-4-3-5-14(10-13)16-11-15(25-2)12-17(20)21-16/h3-5,10-12,24H,8-9H2,1-2H3. The Balaban J connectivity index is 1.92. The SMILES string of the molecule is COc1cc(Br)nc(-c2cccc(C#CC3(O)CCN(C)C3=O)c2)c1. The van der Waals surface area contributed by atoms with Gasteiger partial charge in [0.15, 0.2) is 0 Å². The van der Waals surface area contributed by atoms with Crippen LogP contribution in [0.5, 0.6) is 5.75 Å². The minimum absolute atomic E-state index is 0.319. The van der Waals surface area contributed by atoms with Crippen molar-refractivity contribution in [2.75, 3.05) is 20.7 Å². The van der Waals surface area contributed by atoms with Crippen molar-refractivity contribution in [1.82, 2.24) is 9.88 Å². The third-order valence-corrected chi connectivity index (χ3v) is 4.49. The van der Waals surface area contributed by atoms with Crippen LogP contribution in [-0.4, -0.2) is 47.2 Å². The van der Waals surface area contributed by atoms with Gasteiger partial charge in [0.05, 0.1) is 12.8 Å². The summed E-state index contributed by atoms with van der Waals surface area (Å²) >= 11 is 3.37. The van der Waals surface area contributed by atoms with Gasteiger partial charge in [-0.15, -0.1) is 0 Å². The van der Waals surface area contributed by atoms with E-state index in [2.05, 4.69) is 32.8 Å². The van der Waals surface area contributed by atoms with Crippen molar-refractivity contribution in [3.63, 3.8) is 0 Å². The lowest BCUT2D eigenvalue weighted by Gasteiger charge is -2.13. The van der Waals surface area contributed by atoms with Crippen molar-refractivity contribution in [2.24, 2.45) is 0 Å². The molecule has 2 aromatic rings. The number of ether oxygens (including phenoxy) is 1. The fourth-order valence-corrected chi connectivity index (χ4v) is 3.06.